The molecule has 1 amide bonds. The van der Waals surface area contributed by atoms with E-state index < -0.39 is 0 Å². The first-order chi connectivity index (χ1) is 10.1. The van der Waals surface area contributed by atoms with Gasteiger partial charge in [-0.1, -0.05) is 18.2 Å². The number of phenols is 1. The molecule has 0 fully saturated rings. The number of phenolic OH excluding ortho intramolecular Hbond substituents is 1. The van der Waals surface area contributed by atoms with Gasteiger partial charge in [-0.25, -0.2) is 5.43 Å². The summed E-state index contributed by atoms with van der Waals surface area (Å²) in [4.78, 5) is 13.0. The van der Waals surface area contributed by atoms with E-state index in [9.17, 15) is 4.79 Å². The average Bonchev–Trinajstić information content (AvgIpc) is 2.50. The second-order valence-electron chi connectivity index (χ2n) is 4.40. The molecule has 2 aromatic carbocycles. The van der Waals surface area contributed by atoms with Crippen LogP contribution in [0.5, 0.6) is 5.75 Å². The van der Waals surface area contributed by atoms with E-state index in [0.29, 0.717) is 0 Å². The van der Waals surface area contributed by atoms with Crippen molar-refractivity contribution in [3.05, 3.63) is 60.2 Å². The Hall–Kier alpha value is -2.27. The number of aromatic hydroxyl groups is 1. The van der Waals surface area contributed by atoms with Crippen LogP contribution in [0.15, 0.2) is 64.6 Å². The number of thioether (sulfide) groups is 1. The van der Waals surface area contributed by atoms with Gasteiger partial charge >= 0.3 is 0 Å². The lowest BCUT2D eigenvalue weighted by Crippen LogP contribution is -2.26. The fraction of sp³-hybridized carbons (Fsp3) is 0.125. The number of amides is 1. The molecule has 0 unspecified atom stereocenters. The maximum absolute atomic E-state index is 11.9. The van der Waals surface area contributed by atoms with Crippen LogP contribution in [0.2, 0.25) is 0 Å². The van der Waals surface area contributed by atoms with Crippen molar-refractivity contribution in [1.82, 2.24) is 5.43 Å². The van der Waals surface area contributed by atoms with Crippen LogP contribution < -0.4 is 5.43 Å². The molecule has 0 bridgehead atoms. The van der Waals surface area contributed by atoms with Crippen molar-refractivity contribution < 1.29 is 9.90 Å². The number of carbonyl (C=O) groups excluding carboxylic acids is 1. The van der Waals surface area contributed by atoms with Crippen molar-refractivity contribution in [2.75, 3.05) is 0 Å². The minimum Gasteiger partial charge on any atom is -0.508 e. The van der Waals surface area contributed by atoms with Gasteiger partial charge in [0.1, 0.15) is 5.75 Å². The molecule has 0 aromatic heterocycles. The molecule has 0 heterocycles. The van der Waals surface area contributed by atoms with Crippen LogP contribution in [0.1, 0.15) is 12.5 Å². The highest BCUT2D eigenvalue weighted by atomic mass is 32.2. The Bertz CT molecular complexity index is 612. The Balaban J connectivity index is 1.85. The molecule has 0 aliphatic rings. The molecular weight excluding hydrogens is 284 g/mol. The van der Waals surface area contributed by atoms with E-state index in [1.54, 1.807) is 24.3 Å². The van der Waals surface area contributed by atoms with Gasteiger partial charge < -0.3 is 5.11 Å². The first-order valence-corrected chi connectivity index (χ1v) is 7.37. The van der Waals surface area contributed by atoms with Crippen LogP contribution in [0.4, 0.5) is 0 Å². The minimum atomic E-state index is -0.232. The molecule has 0 aliphatic carbocycles. The third kappa shape index (κ3) is 4.96. The Kier molecular flexibility index (Phi) is 5.40. The largest absolute Gasteiger partial charge is 0.508 e. The average molecular weight is 300 g/mol. The smallest absolute Gasteiger partial charge is 0.253 e. The second kappa shape index (κ2) is 7.50. The molecule has 0 saturated carbocycles. The lowest BCUT2D eigenvalue weighted by atomic mass is 10.2. The number of benzene rings is 2. The quantitative estimate of drug-likeness (QED) is 0.507. The van der Waals surface area contributed by atoms with Gasteiger partial charge in [0.2, 0.25) is 0 Å². The fourth-order valence-corrected chi connectivity index (χ4v) is 2.46. The molecule has 0 radical (unpaired) electrons. The summed E-state index contributed by atoms with van der Waals surface area (Å²) < 4.78 is 0. The van der Waals surface area contributed by atoms with E-state index in [1.807, 2.05) is 37.3 Å². The summed E-state index contributed by atoms with van der Waals surface area (Å²) in [6.45, 7) is 1.84. The Morgan fingerprint density at radius 1 is 1.19 bits per heavy atom. The van der Waals surface area contributed by atoms with Gasteiger partial charge in [0.25, 0.3) is 5.91 Å². The number of rotatable bonds is 5. The first kappa shape index (κ1) is 15.1. The van der Waals surface area contributed by atoms with Crippen LogP contribution in [-0.4, -0.2) is 22.5 Å². The molecule has 108 valence electrons. The Morgan fingerprint density at radius 2 is 1.86 bits per heavy atom. The molecular formula is C16H16N2O2S. The molecule has 2 N–H and O–H groups in total. The van der Waals surface area contributed by atoms with Gasteiger partial charge in [0.15, 0.2) is 0 Å². The molecule has 0 spiro atoms. The van der Waals surface area contributed by atoms with Gasteiger partial charge in [-0.2, -0.15) is 5.10 Å². The lowest BCUT2D eigenvalue weighted by molar-refractivity contribution is -0.120. The number of hydrazone groups is 1. The number of carbonyl (C=O) groups is 1. The van der Waals surface area contributed by atoms with Crippen molar-refractivity contribution >= 4 is 23.9 Å². The molecule has 1 atom stereocenters. The molecule has 5 heteroatoms. The summed E-state index contributed by atoms with van der Waals surface area (Å²) in [6.07, 6.45) is 1.54. The molecule has 21 heavy (non-hydrogen) atoms. The molecule has 4 nitrogen and oxygen atoms in total. The highest BCUT2D eigenvalue weighted by Gasteiger charge is 2.13. The van der Waals surface area contributed by atoms with Crippen molar-refractivity contribution in [3.8, 4) is 5.75 Å². The van der Waals surface area contributed by atoms with E-state index in [2.05, 4.69) is 10.5 Å². The van der Waals surface area contributed by atoms with Gasteiger partial charge in [0.05, 0.1) is 11.5 Å². The van der Waals surface area contributed by atoms with E-state index in [4.69, 9.17) is 5.11 Å². The maximum Gasteiger partial charge on any atom is 0.253 e. The summed E-state index contributed by atoms with van der Waals surface area (Å²) >= 11 is 1.48. The zero-order chi connectivity index (χ0) is 15.1. The summed E-state index contributed by atoms with van der Waals surface area (Å²) in [5.74, 6) is 0.0444. The molecule has 0 saturated heterocycles. The molecule has 2 rings (SSSR count). The fourth-order valence-electron chi connectivity index (χ4n) is 1.58. The van der Waals surface area contributed by atoms with Gasteiger partial charge in [-0.05, 0) is 48.9 Å². The van der Waals surface area contributed by atoms with E-state index in [-0.39, 0.29) is 16.9 Å². The summed E-state index contributed by atoms with van der Waals surface area (Å²) in [7, 11) is 0. The highest BCUT2D eigenvalue weighted by Crippen LogP contribution is 2.22. The predicted molar refractivity (Wildman–Crippen MR) is 85.6 cm³/mol. The summed E-state index contributed by atoms with van der Waals surface area (Å²) in [5, 5.41) is 12.8. The van der Waals surface area contributed by atoms with Crippen LogP contribution in [-0.2, 0) is 4.79 Å². The molecule has 2 aromatic rings. The van der Waals surface area contributed by atoms with Gasteiger partial charge in [-0.15, -0.1) is 11.8 Å². The van der Waals surface area contributed by atoms with Crippen molar-refractivity contribution in [1.29, 1.82) is 0 Å². The van der Waals surface area contributed by atoms with E-state index in [0.717, 1.165) is 10.5 Å². The highest BCUT2D eigenvalue weighted by molar-refractivity contribution is 8.00. The first-order valence-electron chi connectivity index (χ1n) is 6.49. The van der Waals surface area contributed by atoms with Crippen LogP contribution in [0, 0.1) is 0 Å². The lowest BCUT2D eigenvalue weighted by Gasteiger charge is -2.08. The normalized spacial score (nSPS) is 12.2. The summed E-state index contributed by atoms with van der Waals surface area (Å²) in [6, 6.07) is 16.3. The predicted octanol–water partition coefficient (Wildman–Crippen LogP) is 3.02. The van der Waals surface area contributed by atoms with Gasteiger partial charge in [-0.3, -0.25) is 4.79 Å². The van der Waals surface area contributed by atoms with Crippen molar-refractivity contribution in [2.24, 2.45) is 5.10 Å². The van der Waals surface area contributed by atoms with Crippen molar-refractivity contribution in [3.63, 3.8) is 0 Å². The zero-order valence-corrected chi connectivity index (χ0v) is 12.4. The standard InChI is InChI=1S/C16H16N2O2S/c1-12(21-15-5-3-2-4-6-15)16(20)18-17-11-13-7-9-14(19)10-8-13/h2-12,19H,1H3,(H,18,20)/b17-11-/t12-/m0/s1. The maximum atomic E-state index is 11.9. The zero-order valence-electron chi connectivity index (χ0n) is 11.6. The van der Waals surface area contributed by atoms with Crippen LogP contribution >= 0.6 is 11.8 Å². The van der Waals surface area contributed by atoms with E-state index in [1.165, 1.54) is 18.0 Å². The topological polar surface area (TPSA) is 61.7 Å². The third-order valence-corrected chi connectivity index (χ3v) is 3.82. The number of nitrogens with zero attached hydrogens (tertiary/aromatic N) is 1. The third-order valence-electron chi connectivity index (χ3n) is 2.71. The number of hydrogen-bond acceptors (Lipinski definition) is 4. The van der Waals surface area contributed by atoms with Crippen LogP contribution in [0.25, 0.3) is 0 Å². The van der Waals surface area contributed by atoms with Crippen LogP contribution in [0.3, 0.4) is 0 Å². The summed E-state index contributed by atoms with van der Waals surface area (Å²) in [5.41, 5.74) is 3.32. The van der Waals surface area contributed by atoms with E-state index >= 15 is 0 Å². The number of nitrogens with one attached hydrogen (secondary N) is 1. The minimum absolute atomic E-state index is 0.154. The van der Waals surface area contributed by atoms with Crippen molar-refractivity contribution in [2.45, 2.75) is 17.1 Å². The second-order valence-corrected chi connectivity index (χ2v) is 5.81. The van der Waals surface area contributed by atoms with Gasteiger partial charge in [0, 0.05) is 4.90 Å². The number of hydrogen-bond donors (Lipinski definition) is 2. The SMILES string of the molecule is C[C@H](Sc1ccccc1)C(=O)N/N=C\c1ccc(O)cc1. The Morgan fingerprint density at radius 3 is 2.52 bits per heavy atom. The Labute approximate surface area is 127 Å². The monoisotopic (exact) mass is 300 g/mol. The molecule has 0 aliphatic heterocycles.